The fraction of sp³-hybridized carbons (Fsp3) is 0.471. The zero-order valence-corrected chi connectivity index (χ0v) is 13.4. The molecule has 7 nitrogen and oxygen atoms in total. The first-order chi connectivity index (χ1) is 11.3. The number of phenolic OH excluding ortho intramolecular Hbond substituents is 1. The molecule has 0 aliphatic carbocycles. The van der Waals surface area contributed by atoms with Gasteiger partial charge in [0.2, 0.25) is 11.8 Å². The van der Waals surface area contributed by atoms with Crippen LogP contribution in [0.2, 0.25) is 0 Å². The Balaban J connectivity index is 2.18. The zero-order chi connectivity index (χ0) is 17.6. The molecule has 0 saturated carbocycles. The van der Waals surface area contributed by atoms with Gasteiger partial charge < -0.3 is 10.2 Å². The SMILES string of the molecule is CCC(C)C1(C(=O)O)NC(c2ccccc2O)C2C(=O)NC(=O)C21. The van der Waals surface area contributed by atoms with E-state index in [1.54, 1.807) is 25.1 Å². The number of carboxylic acid groups (broad SMARTS) is 1. The summed E-state index contributed by atoms with van der Waals surface area (Å²) in [5.41, 5.74) is -1.13. The third kappa shape index (κ3) is 2.04. The van der Waals surface area contributed by atoms with E-state index in [0.29, 0.717) is 12.0 Å². The van der Waals surface area contributed by atoms with Crippen molar-refractivity contribution < 1.29 is 24.6 Å². The molecule has 2 heterocycles. The molecule has 2 aliphatic heterocycles. The van der Waals surface area contributed by atoms with Crippen LogP contribution in [0.3, 0.4) is 0 Å². The van der Waals surface area contributed by atoms with Crippen LogP contribution in [0.4, 0.5) is 0 Å². The van der Waals surface area contributed by atoms with Gasteiger partial charge in [0.15, 0.2) is 0 Å². The number of para-hydroxylation sites is 1. The van der Waals surface area contributed by atoms with Gasteiger partial charge in [-0.2, -0.15) is 0 Å². The summed E-state index contributed by atoms with van der Waals surface area (Å²) in [6, 6.07) is 5.71. The van der Waals surface area contributed by atoms with Crippen LogP contribution in [0.5, 0.6) is 5.75 Å². The van der Waals surface area contributed by atoms with Crippen LogP contribution in [0.1, 0.15) is 31.9 Å². The molecule has 0 bridgehead atoms. The molecule has 4 N–H and O–H groups in total. The molecule has 1 aromatic rings. The van der Waals surface area contributed by atoms with E-state index in [1.807, 2.05) is 6.92 Å². The van der Waals surface area contributed by atoms with Crippen molar-refractivity contribution in [2.45, 2.75) is 31.8 Å². The Bertz CT molecular complexity index is 719. The number of imide groups is 1. The molecule has 0 radical (unpaired) electrons. The summed E-state index contributed by atoms with van der Waals surface area (Å²) in [4.78, 5) is 36.9. The van der Waals surface area contributed by atoms with Gasteiger partial charge in [0.1, 0.15) is 11.3 Å². The van der Waals surface area contributed by atoms with Crippen molar-refractivity contribution >= 4 is 17.8 Å². The number of carbonyl (C=O) groups excluding carboxylic acids is 2. The lowest BCUT2D eigenvalue weighted by atomic mass is 9.72. The van der Waals surface area contributed by atoms with Crippen molar-refractivity contribution in [3.8, 4) is 5.75 Å². The van der Waals surface area contributed by atoms with E-state index in [0.717, 1.165) is 0 Å². The molecular weight excluding hydrogens is 312 g/mol. The summed E-state index contributed by atoms with van der Waals surface area (Å²) in [5, 5.41) is 25.4. The van der Waals surface area contributed by atoms with Crippen molar-refractivity contribution in [3.63, 3.8) is 0 Å². The largest absolute Gasteiger partial charge is 0.508 e. The minimum Gasteiger partial charge on any atom is -0.508 e. The maximum Gasteiger partial charge on any atom is 0.325 e. The van der Waals surface area contributed by atoms with Crippen LogP contribution in [0, 0.1) is 17.8 Å². The molecule has 7 heteroatoms. The van der Waals surface area contributed by atoms with Crippen LogP contribution in [-0.2, 0) is 14.4 Å². The number of carboxylic acids is 1. The highest BCUT2D eigenvalue weighted by Crippen LogP contribution is 2.50. The van der Waals surface area contributed by atoms with Crippen LogP contribution < -0.4 is 10.6 Å². The molecule has 24 heavy (non-hydrogen) atoms. The lowest BCUT2D eigenvalue weighted by Gasteiger charge is -2.35. The Morgan fingerprint density at radius 2 is 1.96 bits per heavy atom. The van der Waals surface area contributed by atoms with Crippen molar-refractivity contribution in [2.75, 3.05) is 0 Å². The molecule has 2 fully saturated rings. The molecule has 3 rings (SSSR count). The average Bonchev–Trinajstić information content (AvgIpc) is 3.05. The third-order valence-electron chi connectivity index (χ3n) is 5.45. The molecule has 128 valence electrons. The van der Waals surface area contributed by atoms with Gasteiger partial charge in [0, 0.05) is 11.6 Å². The first-order valence-corrected chi connectivity index (χ1v) is 7.98. The molecule has 2 amide bonds. The smallest absolute Gasteiger partial charge is 0.325 e. The minimum absolute atomic E-state index is 0.0359. The van der Waals surface area contributed by atoms with Gasteiger partial charge in [-0.3, -0.25) is 25.0 Å². The van der Waals surface area contributed by atoms with Crippen molar-refractivity contribution in [1.29, 1.82) is 0 Å². The summed E-state index contributed by atoms with van der Waals surface area (Å²) in [7, 11) is 0. The van der Waals surface area contributed by atoms with Crippen LogP contribution in [-0.4, -0.2) is 33.5 Å². The first-order valence-electron chi connectivity index (χ1n) is 7.98. The predicted octanol–water partition coefficient (Wildman–Crippen LogP) is 0.795. The fourth-order valence-electron chi connectivity index (χ4n) is 4.07. The monoisotopic (exact) mass is 332 g/mol. The number of carbonyl (C=O) groups is 3. The Hall–Kier alpha value is -2.41. The number of rotatable bonds is 4. The number of aliphatic carboxylic acids is 1. The number of amides is 2. The number of hydrogen-bond acceptors (Lipinski definition) is 5. The van der Waals surface area contributed by atoms with E-state index in [4.69, 9.17) is 0 Å². The lowest BCUT2D eigenvalue weighted by molar-refractivity contribution is -0.152. The van der Waals surface area contributed by atoms with Gasteiger partial charge >= 0.3 is 5.97 Å². The third-order valence-corrected chi connectivity index (χ3v) is 5.45. The number of hydrogen-bond donors (Lipinski definition) is 4. The highest BCUT2D eigenvalue weighted by atomic mass is 16.4. The second kappa shape index (κ2) is 5.59. The first kappa shape index (κ1) is 16.4. The van der Waals surface area contributed by atoms with E-state index >= 15 is 0 Å². The molecule has 5 unspecified atom stereocenters. The molecular formula is C17H20N2O5. The van der Waals surface area contributed by atoms with Crippen molar-refractivity contribution in [3.05, 3.63) is 29.8 Å². The van der Waals surface area contributed by atoms with E-state index in [-0.39, 0.29) is 11.7 Å². The molecule has 0 aromatic heterocycles. The van der Waals surface area contributed by atoms with Crippen molar-refractivity contribution in [2.24, 2.45) is 17.8 Å². The van der Waals surface area contributed by atoms with Gasteiger partial charge in [-0.05, 0) is 12.0 Å². The number of fused-ring (bicyclic) bond motifs is 1. The van der Waals surface area contributed by atoms with E-state index < -0.39 is 41.2 Å². The van der Waals surface area contributed by atoms with Gasteiger partial charge in [-0.25, -0.2) is 0 Å². The summed E-state index contributed by atoms with van der Waals surface area (Å²) >= 11 is 0. The number of aromatic hydroxyl groups is 1. The Morgan fingerprint density at radius 3 is 2.54 bits per heavy atom. The van der Waals surface area contributed by atoms with E-state index in [9.17, 15) is 24.6 Å². The molecule has 5 atom stereocenters. The standard InChI is InChI=1S/C17H20N2O5/c1-3-8(2)17(16(23)24)12-11(14(21)18-15(12)22)13(19-17)9-6-4-5-7-10(9)20/h4-8,11-13,19-20H,3H2,1-2H3,(H,23,24)(H,18,21,22). The minimum atomic E-state index is -1.55. The Labute approximate surface area is 139 Å². The van der Waals surface area contributed by atoms with Gasteiger partial charge in [0.25, 0.3) is 0 Å². The molecule has 2 saturated heterocycles. The maximum absolute atomic E-state index is 12.4. The predicted molar refractivity (Wildman–Crippen MR) is 83.9 cm³/mol. The number of phenols is 1. The molecule has 1 aromatic carbocycles. The Morgan fingerprint density at radius 1 is 1.29 bits per heavy atom. The summed E-state index contributed by atoms with van der Waals surface area (Å²) in [6.07, 6.45) is 0.525. The highest BCUT2D eigenvalue weighted by molar-refractivity contribution is 6.09. The van der Waals surface area contributed by atoms with Gasteiger partial charge in [0.05, 0.1) is 11.8 Å². The maximum atomic E-state index is 12.4. The second-order valence-corrected chi connectivity index (χ2v) is 6.52. The van der Waals surface area contributed by atoms with Crippen LogP contribution in [0.25, 0.3) is 0 Å². The fourth-order valence-corrected chi connectivity index (χ4v) is 4.07. The summed E-state index contributed by atoms with van der Waals surface area (Å²) < 4.78 is 0. The number of nitrogens with one attached hydrogen (secondary N) is 2. The summed E-state index contributed by atoms with van der Waals surface area (Å²) in [5.74, 6) is -4.52. The van der Waals surface area contributed by atoms with E-state index in [1.165, 1.54) is 6.07 Å². The van der Waals surface area contributed by atoms with Gasteiger partial charge in [-0.15, -0.1) is 0 Å². The topological polar surface area (TPSA) is 116 Å². The molecule has 2 aliphatic rings. The summed E-state index contributed by atoms with van der Waals surface area (Å²) in [6.45, 7) is 3.59. The lowest BCUT2D eigenvalue weighted by Crippen LogP contribution is -2.59. The zero-order valence-electron chi connectivity index (χ0n) is 13.4. The highest BCUT2D eigenvalue weighted by Gasteiger charge is 2.68. The van der Waals surface area contributed by atoms with E-state index in [2.05, 4.69) is 10.6 Å². The Kier molecular flexibility index (Phi) is 3.83. The van der Waals surface area contributed by atoms with Gasteiger partial charge in [-0.1, -0.05) is 38.5 Å². The number of benzene rings is 1. The van der Waals surface area contributed by atoms with Crippen LogP contribution >= 0.6 is 0 Å². The molecule has 0 spiro atoms. The van der Waals surface area contributed by atoms with Crippen molar-refractivity contribution in [1.82, 2.24) is 10.6 Å². The second-order valence-electron chi connectivity index (χ2n) is 6.52. The average molecular weight is 332 g/mol. The van der Waals surface area contributed by atoms with Crippen LogP contribution in [0.15, 0.2) is 24.3 Å². The quantitative estimate of drug-likeness (QED) is 0.606. The normalized spacial score (nSPS) is 33.2.